The summed E-state index contributed by atoms with van der Waals surface area (Å²) in [7, 11) is 0. The van der Waals surface area contributed by atoms with Crippen molar-refractivity contribution in [2.24, 2.45) is 0 Å². The van der Waals surface area contributed by atoms with Gasteiger partial charge in [-0.3, -0.25) is 14.4 Å². The Morgan fingerprint density at radius 2 is 1.91 bits per heavy atom. The van der Waals surface area contributed by atoms with Crippen molar-refractivity contribution >= 4 is 41.3 Å². The first kappa shape index (κ1) is 32.6. The zero-order valence-corrected chi connectivity index (χ0v) is 27.4. The first-order chi connectivity index (χ1) is 21.4. The Bertz CT molecular complexity index is 1530. The van der Waals surface area contributed by atoms with Crippen LogP contribution in [0.5, 0.6) is 0 Å². The Labute approximate surface area is 266 Å². The smallest absolute Gasteiger partial charge is 0.441 e. The highest BCUT2D eigenvalue weighted by molar-refractivity contribution is 8.01. The van der Waals surface area contributed by atoms with E-state index in [4.69, 9.17) is 13.6 Å². The maximum atomic E-state index is 14.3. The zero-order chi connectivity index (χ0) is 32.5. The average Bonchev–Trinajstić information content (AvgIpc) is 3.31. The average molecular weight is 643 g/mol. The number of hydrogen-bond acceptors (Lipinski definition) is 9. The van der Waals surface area contributed by atoms with Gasteiger partial charge in [-0.15, -0.1) is 11.8 Å². The lowest BCUT2D eigenvalue weighted by atomic mass is 9.82. The molecule has 12 nitrogen and oxygen atoms in total. The van der Waals surface area contributed by atoms with Crippen LogP contribution in [0.2, 0.25) is 0 Å². The summed E-state index contributed by atoms with van der Waals surface area (Å²) in [6, 6.07) is 3.43. The third kappa shape index (κ3) is 6.63. The SMILES string of the molecule is CCC(=O)NCCN1C(=O)C2(CCC2)Sc2cc(C)c(C(=O)N(C(C)C)[C@@H]3CCCN(C(=O)OCc4oc(=O)oc4C)C3)cc21. The van der Waals surface area contributed by atoms with Crippen LogP contribution in [0, 0.1) is 13.8 Å². The third-order valence-corrected chi connectivity index (χ3v) is 10.4. The van der Waals surface area contributed by atoms with Crippen LogP contribution in [-0.2, 0) is 20.9 Å². The molecule has 45 heavy (non-hydrogen) atoms. The lowest BCUT2D eigenvalue weighted by Crippen LogP contribution is -2.55. The van der Waals surface area contributed by atoms with Crippen LogP contribution in [0.3, 0.4) is 0 Å². The van der Waals surface area contributed by atoms with E-state index in [2.05, 4.69) is 5.32 Å². The molecule has 4 amide bonds. The molecule has 1 spiro atoms. The summed E-state index contributed by atoms with van der Waals surface area (Å²) in [6.45, 7) is 10.4. The largest absolute Gasteiger partial charge is 0.519 e. The van der Waals surface area contributed by atoms with E-state index in [-0.39, 0.29) is 47.9 Å². The number of nitrogens with one attached hydrogen (secondary N) is 1. The van der Waals surface area contributed by atoms with Crippen LogP contribution in [0.15, 0.2) is 30.7 Å². The van der Waals surface area contributed by atoms with Gasteiger partial charge in [-0.05, 0) is 77.5 Å². The summed E-state index contributed by atoms with van der Waals surface area (Å²) >= 11 is 1.60. The number of aryl methyl sites for hydroxylation is 2. The Balaban J connectivity index is 1.36. The number of rotatable bonds is 9. The lowest BCUT2D eigenvalue weighted by molar-refractivity contribution is -0.123. The van der Waals surface area contributed by atoms with Crippen LogP contribution in [-0.4, -0.2) is 76.6 Å². The normalized spacial score (nSPS) is 18.9. The molecule has 2 aliphatic heterocycles. The van der Waals surface area contributed by atoms with E-state index in [9.17, 15) is 24.0 Å². The highest BCUT2D eigenvalue weighted by Gasteiger charge is 2.51. The number of ether oxygens (including phenoxy) is 1. The number of anilines is 1. The molecule has 0 bridgehead atoms. The van der Waals surface area contributed by atoms with E-state index in [1.54, 1.807) is 35.4 Å². The molecule has 0 unspecified atom stereocenters. The van der Waals surface area contributed by atoms with Gasteiger partial charge in [0.2, 0.25) is 11.8 Å². The van der Waals surface area contributed by atoms with Crippen molar-refractivity contribution in [2.45, 2.75) is 101 Å². The van der Waals surface area contributed by atoms with Crippen LogP contribution in [0.1, 0.15) is 86.7 Å². The minimum Gasteiger partial charge on any atom is -0.441 e. The molecule has 0 radical (unpaired) electrons. The molecule has 13 heteroatoms. The second-order valence-electron chi connectivity index (χ2n) is 12.3. The summed E-state index contributed by atoms with van der Waals surface area (Å²) in [6.07, 6.45) is 3.83. The lowest BCUT2D eigenvalue weighted by Gasteiger charge is -2.47. The number of hydrogen-bond donors (Lipinski definition) is 1. The van der Waals surface area contributed by atoms with Gasteiger partial charge in [0.25, 0.3) is 5.91 Å². The second kappa shape index (κ2) is 13.3. The van der Waals surface area contributed by atoms with Gasteiger partial charge in [-0.25, -0.2) is 9.59 Å². The first-order valence-corrected chi connectivity index (χ1v) is 16.5. The zero-order valence-electron chi connectivity index (χ0n) is 26.6. The number of thioether (sulfide) groups is 1. The molecule has 1 saturated heterocycles. The molecule has 1 aromatic heterocycles. The van der Waals surface area contributed by atoms with Crippen LogP contribution < -0.4 is 16.0 Å². The van der Waals surface area contributed by atoms with Gasteiger partial charge in [-0.1, -0.05) is 6.92 Å². The number of carbonyl (C=O) groups excluding carboxylic acids is 4. The third-order valence-electron chi connectivity index (χ3n) is 8.91. The summed E-state index contributed by atoms with van der Waals surface area (Å²) in [5, 5.41) is 2.87. The fraction of sp³-hybridized carbons (Fsp3) is 0.594. The summed E-state index contributed by atoms with van der Waals surface area (Å²) in [5.74, 6) is -0.641. The second-order valence-corrected chi connectivity index (χ2v) is 13.7. The van der Waals surface area contributed by atoms with Crippen molar-refractivity contribution in [3.8, 4) is 0 Å². The molecule has 1 saturated carbocycles. The van der Waals surface area contributed by atoms with Gasteiger partial charge in [0.1, 0.15) is 0 Å². The Hall–Kier alpha value is -3.74. The molecular formula is C32H42N4O8S. The quantitative estimate of drug-likeness (QED) is 0.421. The van der Waals surface area contributed by atoms with Gasteiger partial charge in [0.05, 0.1) is 16.5 Å². The highest BCUT2D eigenvalue weighted by Crippen LogP contribution is 2.55. The highest BCUT2D eigenvalue weighted by atomic mass is 32.2. The molecule has 1 aliphatic carbocycles. The van der Waals surface area contributed by atoms with Gasteiger partial charge in [0, 0.05) is 49.1 Å². The standard InChI is InChI=1S/C32H42N4O8S/c1-6-27(37)33-12-14-35-24-16-23(20(4)15-26(24)45-32(29(35)39)10-8-11-32)28(38)36(19(2)3)22-9-7-13-34(17-22)30(40)42-18-25-21(5)43-31(41)44-25/h15-16,19,22H,6-14,17-18H2,1-5H3,(H,33,37)/t22-/m1/s1. The number of likely N-dealkylation sites (tertiary alicyclic amines) is 1. The van der Waals surface area contributed by atoms with Crippen LogP contribution in [0.4, 0.5) is 10.5 Å². The molecule has 2 aromatic rings. The molecule has 3 aliphatic rings. The van der Waals surface area contributed by atoms with E-state index in [1.807, 2.05) is 37.8 Å². The van der Waals surface area contributed by atoms with Gasteiger partial charge in [0.15, 0.2) is 18.1 Å². The number of nitrogens with zero attached hydrogens (tertiary/aromatic N) is 3. The van der Waals surface area contributed by atoms with E-state index in [0.29, 0.717) is 56.7 Å². The van der Waals surface area contributed by atoms with Crippen LogP contribution >= 0.6 is 11.8 Å². The van der Waals surface area contributed by atoms with Crippen molar-refractivity contribution < 1.29 is 32.7 Å². The monoisotopic (exact) mass is 642 g/mol. The molecule has 2 fully saturated rings. The van der Waals surface area contributed by atoms with Gasteiger partial charge < -0.3 is 33.6 Å². The number of piperidine rings is 1. The van der Waals surface area contributed by atoms with Crippen molar-refractivity contribution in [3.63, 3.8) is 0 Å². The molecule has 5 rings (SSSR count). The molecule has 1 N–H and O–H groups in total. The fourth-order valence-corrected chi connectivity index (χ4v) is 7.92. The fourth-order valence-electron chi connectivity index (χ4n) is 6.30. The topological polar surface area (TPSA) is 143 Å². The van der Waals surface area contributed by atoms with Crippen LogP contribution in [0.25, 0.3) is 0 Å². The predicted molar refractivity (Wildman–Crippen MR) is 167 cm³/mol. The van der Waals surface area contributed by atoms with E-state index < -0.39 is 16.7 Å². The maximum Gasteiger partial charge on any atom is 0.519 e. The minimum absolute atomic E-state index is 0.0336. The van der Waals surface area contributed by atoms with Gasteiger partial charge >= 0.3 is 11.9 Å². The Morgan fingerprint density at radius 1 is 1.16 bits per heavy atom. The Kier molecular flexibility index (Phi) is 9.66. The molecular weight excluding hydrogens is 600 g/mol. The molecule has 1 atom stereocenters. The Morgan fingerprint density at radius 3 is 2.53 bits per heavy atom. The van der Waals surface area contributed by atoms with Crippen molar-refractivity contribution in [1.82, 2.24) is 15.1 Å². The van der Waals surface area contributed by atoms with E-state index in [1.165, 1.54) is 0 Å². The summed E-state index contributed by atoms with van der Waals surface area (Å²) in [5.41, 5.74) is 2.03. The van der Waals surface area contributed by atoms with Crippen molar-refractivity contribution in [2.75, 3.05) is 31.1 Å². The number of carbonyl (C=O) groups is 4. The van der Waals surface area contributed by atoms with Crippen molar-refractivity contribution in [1.29, 1.82) is 0 Å². The van der Waals surface area contributed by atoms with E-state index in [0.717, 1.165) is 29.7 Å². The molecule has 1 aromatic carbocycles. The van der Waals surface area contributed by atoms with E-state index >= 15 is 0 Å². The molecule has 3 heterocycles. The summed E-state index contributed by atoms with van der Waals surface area (Å²) < 4.78 is 14.7. The number of fused-ring (bicyclic) bond motifs is 1. The maximum absolute atomic E-state index is 14.3. The van der Waals surface area contributed by atoms with Gasteiger partial charge in [-0.2, -0.15) is 0 Å². The predicted octanol–water partition coefficient (Wildman–Crippen LogP) is 4.39. The number of benzene rings is 1. The van der Waals surface area contributed by atoms with Crippen molar-refractivity contribution in [3.05, 3.63) is 45.4 Å². The minimum atomic E-state index is -0.850. The summed E-state index contributed by atoms with van der Waals surface area (Å²) in [4.78, 5) is 70.4. The molecule has 244 valence electrons. The first-order valence-electron chi connectivity index (χ1n) is 15.7. The number of amides is 4.